The molecule has 174 valence electrons. The van der Waals surface area contributed by atoms with Gasteiger partial charge in [0.1, 0.15) is 12.2 Å². The lowest BCUT2D eigenvalue weighted by atomic mass is 9.90. The molecule has 0 saturated carbocycles. The number of hydrogen-bond acceptors (Lipinski definition) is 7. The minimum Gasteiger partial charge on any atom is -0.463 e. The van der Waals surface area contributed by atoms with Crippen LogP contribution >= 0.6 is 11.3 Å². The molecule has 7 nitrogen and oxygen atoms in total. The number of nitrogens with zero attached hydrogens (tertiary/aromatic N) is 4. The number of aryl methyl sites for hydroxylation is 2. The summed E-state index contributed by atoms with van der Waals surface area (Å²) in [6, 6.07) is 9.54. The van der Waals surface area contributed by atoms with Crippen molar-refractivity contribution in [3.63, 3.8) is 0 Å². The van der Waals surface area contributed by atoms with E-state index >= 15 is 0 Å². The number of hydrogen-bond donors (Lipinski definition) is 0. The summed E-state index contributed by atoms with van der Waals surface area (Å²) in [6.07, 6.45) is 9.47. The number of fused-ring (bicyclic) bond motifs is 2. The Morgan fingerprint density at radius 1 is 1.03 bits per heavy atom. The van der Waals surface area contributed by atoms with E-state index in [1.807, 2.05) is 18.2 Å². The highest BCUT2D eigenvalue weighted by Crippen LogP contribution is 2.35. The fourth-order valence-corrected chi connectivity index (χ4v) is 6.08. The number of Topliss-reactive ketones (excluding diaryl/α,β-unsaturated/α-hetero) is 1. The van der Waals surface area contributed by atoms with Crippen LogP contribution in [-0.2, 0) is 19.4 Å². The molecular formula is C26H26N4O3S. The number of ketones is 1. The number of thiazole rings is 1. The van der Waals surface area contributed by atoms with Crippen LogP contribution in [0.1, 0.15) is 53.6 Å². The Balaban J connectivity index is 1.40. The minimum absolute atomic E-state index is 0.126. The van der Waals surface area contributed by atoms with Crippen LogP contribution in [0.15, 0.2) is 45.8 Å². The number of benzene rings is 1. The third-order valence-corrected chi connectivity index (χ3v) is 7.96. The van der Waals surface area contributed by atoms with Gasteiger partial charge in [-0.3, -0.25) is 9.59 Å². The van der Waals surface area contributed by atoms with Gasteiger partial charge in [0.05, 0.1) is 11.0 Å². The molecule has 0 bridgehead atoms. The number of piperidine rings is 1. The summed E-state index contributed by atoms with van der Waals surface area (Å²) in [4.78, 5) is 33.5. The smallest absolute Gasteiger partial charge is 0.294 e. The predicted molar refractivity (Wildman–Crippen MR) is 133 cm³/mol. The van der Waals surface area contributed by atoms with Crippen LogP contribution in [0.25, 0.3) is 21.7 Å². The average Bonchev–Trinajstić information content (AvgIpc) is 3.57. The molecule has 0 atom stereocenters. The molecule has 0 unspecified atom stereocenters. The highest BCUT2D eigenvalue weighted by atomic mass is 32.1. The Hall–Kier alpha value is -3.26. The zero-order valence-corrected chi connectivity index (χ0v) is 19.8. The van der Waals surface area contributed by atoms with Crippen molar-refractivity contribution in [1.29, 1.82) is 0 Å². The van der Waals surface area contributed by atoms with E-state index in [1.54, 1.807) is 12.3 Å². The second-order valence-electron chi connectivity index (χ2n) is 9.12. The molecule has 4 aromatic rings. The molecule has 34 heavy (non-hydrogen) atoms. The Morgan fingerprint density at radius 2 is 1.85 bits per heavy atom. The standard InChI is InChI=1S/C26H26N4O3S/c31-20(19-11-10-17-7-2-3-8-18(17)15-19)16-30-25(32)23-24(22(28-30)21-9-6-14-33-21)34-26(27-23)29-12-4-1-5-13-29/h6,9-11,14-15H,1-5,7-8,12-13,16H2. The maximum Gasteiger partial charge on any atom is 0.294 e. The fourth-order valence-electron chi connectivity index (χ4n) is 4.98. The van der Waals surface area contributed by atoms with E-state index in [9.17, 15) is 9.59 Å². The summed E-state index contributed by atoms with van der Waals surface area (Å²) in [6.45, 7) is 1.75. The summed E-state index contributed by atoms with van der Waals surface area (Å²) in [5, 5.41) is 5.43. The van der Waals surface area contributed by atoms with E-state index in [2.05, 4.69) is 16.1 Å². The van der Waals surface area contributed by atoms with Gasteiger partial charge in [0.15, 0.2) is 22.2 Å². The van der Waals surface area contributed by atoms with Crippen molar-refractivity contribution in [1.82, 2.24) is 14.8 Å². The normalized spacial score (nSPS) is 16.1. The molecule has 1 saturated heterocycles. The Kier molecular flexibility index (Phi) is 5.53. The van der Waals surface area contributed by atoms with Crippen LogP contribution in [0, 0.1) is 0 Å². The molecule has 1 fully saturated rings. The molecule has 1 aliphatic carbocycles. The summed E-state index contributed by atoms with van der Waals surface area (Å²) < 4.78 is 7.59. The molecule has 0 radical (unpaired) electrons. The Morgan fingerprint density at radius 3 is 2.65 bits per heavy atom. The molecule has 1 aliphatic heterocycles. The lowest BCUT2D eigenvalue weighted by molar-refractivity contribution is 0.0966. The van der Waals surface area contributed by atoms with Gasteiger partial charge in [0.2, 0.25) is 0 Å². The molecular weight excluding hydrogens is 448 g/mol. The van der Waals surface area contributed by atoms with Crippen molar-refractivity contribution >= 4 is 32.5 Å². The van der Waals surface area contributed by atoms with Gasteiger partial charge in [0.25, 0.3) is 5.56 Å². The van der Waals surface area contributed by atoms with Gasteiger partial charge in [-0.1, -0.05) is 23.5 Å². The van der Waals surface area contributed by atoms with Gasteiger partial charge >= 0.3 is 0 Å². The SMILES string of the molecule is O=C(Cn1nc(-c2ccco2)c2sc(N3CCCCC3)nc2c1=O)c1ccc2c(c1)CCCC2. The van der Waals surface area contributed by atoms with Gasteiger partial charge in [-0.25, -0.2) is 9.67 Å². The molecule has 1 aromatic carbocycles. The monoisotopic (exact) mass is 474 g/mol. The van der Waals surface area contributed by atoms with Crippen molar-refractivity contribution in [3.8, 4) is 11.5 Å². The van der Waals surface area contributed by atoms with Crippen LogP contribution in [0.4, 0.5) is 5.13 Å². The maximum absolute atomic E-state index is 13.4. The quantitative estimate of drug-likeness (QED) is 0.384. The van der Waals surface area contributed by atoms with E-state index in [1.165, 1.54) is 40.0 Å². The lowest BCUT2D eigenvalue weighted by Crippen LogP contribution is -2.29. The first-order valence-corrected chi connectivity index (χ1v) is 12.8. The van der Waals surface area contributed by atoms with Gasteiger partial charge < -0.3 is 9.32 Å². The molecule has 0 amide bonds. The first-order valence-electron chi connectivity index (χ1n) is 12.0. The van der Waals surface area contributed by atoms with Crippen LogP contribution in [0.5, 0.6) is 0 Å². The second-order valence-corrected chi connectivity index (χ2v) is 10.1. The lowest BCUT2D eigenvalue weighted by Gasteiger charge is -2.25. The summed E-state index contributed by atoms with van der Waals surface area (Å²) >= 11 is 1.48. The predicted octanol–water partition coefficient (Wildman–Crippen LogP) is 4.87. The molecule has 3 aromatic heterocycles. The number of carbonyl (C=O) groups excluding carboxylic acids is 1. The molecule has 4 heterocycles. The van der Waals surface area contributed by atoms with Crippen molar-refractivity contribution in [2.24, 2.45) is 0 Å². The van der Waals surface area contributed by atoms with E-state index in [0.717, 1.165) is 50.3 Å². The molecule has 2 aliphatic rings. The third kappa shape index (κ3) is 3.86. The van der Waals surface area contributed by atoms with Crippen molar-refractivity contribution in [2.45, 2.75) is 51.5 Å². The number of furan rings is 1. The molecule has 0 N–H and O–H groups in total. The van der Waals surface area contributed by atoms with Gasteiger partial charge in [-0.15, -0.1) is 0 Å². The second kappa shape index (κ2) is 8.83. The van der Waals surface area contributed by atoms with Gasteiger partial charge in [-0.05, 0) is 74.3 Å². The number of carbonyl (C=O) groups is 1. The Labute approximate surface area is 201 Å². The summed E-state index contributed by atoms with van der Waals surface area (Å²) in [5.74, 6) is 0.438. The first-order chi connectivity index (χ1) is 16.7. The minimum atomic E-state index is -0.337. The number of rotatable bonds is 5. The van der Waals surface area contributed by atoms with Crippen molar-refractivity contribution < 1.29 is 9.21 Å². The van der Waals surface area contributed by atoms with Gasteiger partial charge in [0, 0.05) is 18.7 Å². The summed E-state index contributed by atoms with van der Waals surface area (Å²) in [5.41, 5.74) is 3.77. The van der Waals surface area contributed by atoms with Crippen LogP contribution in [0.2, 0.25) is 0 Å². The average molecular weight is 475 g/mol. The van der Waals surface area contributed by atoms with Crippen LogP contribution in [-0.4, -0.2) is 33.6 Å². The highest BCUT2D eigenvalue weighted by Gasteiger charge is 2.23. The van der Waals surface area contributed by atoms with Crippen LogP contribution in [0.3, 0.4) is 0 Å². The molecule has 8 heteroatoms. The zero-order chi connectivity index (χ0) is 23.1. The maximum atomic E-state index is 13.4. The van der Waals surface area contributed by atoms with E-state index in [0.29, 0.717) is 27.2 Å². The van der Waals surface area contributed by atoms with E-state index in [4.69, 9.17) is 9.40 Å². The number of anilines is 1. The molecule has 6 rings (SSSR count). The topological polar surface area (TPSA) is 81.2 Å². The van der Waals surface area contributed by atoms with Gasteiger partial charge in [-0.2, -0.15) is 5.10 Å². The molecule has 0 spiro atoms. The largest absolute Gasteiger partial charge is 0.463 e. The fraction of sp³-hybridized carbons (Fsp3) is 0.385. The van der Waals surface area contributed by atoms with Crippen LogP contribution < -0.4 is 10.5 Å². The third-order valence-electron chi connectivity index (χ3n) is 6.83. The Bertz CT molecular complexity index is 1410. The highest BCUT2D eigenvalue weighted by molar-refractivity contribution is 7.22. The van der Waals surface area contributed by atoms with Crippen molar-refractivity contribution in [2.75, 3.05) is 18.0 Å². The van der Waals surface area contributed by atoms with Crippen molar-refractivity contribution in [3.05, 3.63) is 63.6 Å². The van der Waals surface area contributed by atoms with E-state index in [-0.39, 0.29) is 17.9 Å². The van der Waals surface area contributed by atoms with E-state index < -0.39 is 0 Å². The number of aromatic nitrogens is 3. The zero-order valence-electron chi connectivity index (χ0n) is 19.0. The first kappa shape index (κ1) is 21.3. The summed E-state index contributed by atoms with van der Waals surface area (Å²) in [7, 11) is 0.